The van der Waals surface area contributed by atoms with Crippen molar-refractivity contribution in [1.29, 1.82) is 0 Å². The quantitative estimate of drug-likeness (QED) is 0.382. The molecule has 0 aromatic heterocycles. The minimum absolute atomic E-state index is 0.0190. The molecule has 18 heavy (non-hydrogen) atoms. The van der Waals surface area contributed by atoms with Crippen LogP contribution in [0.1, 0.15) is 10.9 Å². The van der Waals surface area contributed by atoms with E-state index in [9.17, 15) is 22.7 Å². The van der Waals surface area contributed by atoms with E-state index in [4.69, 9.17) is 9.69 Å². The minimum Gasteiger partial charge on any atom is -0.294 e. The lowest BCUT2D eigenvalue weighted by Crippen LogP contribution is -2.34. The number of sulfonamides is 1. The average Bonchev–Trinajstić information content (AvgIpc) is 2.24. The van der Waals surface area contributed by atoms with Crippen molar-refractivity contribution in [2.24, 2.45) is 5.14 Å². The van der Waals surface area contributed by atoms with Gasteiger partial charge in [0.2, 0.25) is 21.3 Å². The van der Waals surface area contributed by atoms with Gasteiger partial charge in [0.1, 0.15) is 0 Å². The van der Waals surface area contributed by atoms with Gasteiger partial charge in [-0.05, 0) is 17.7 Å². The number of nitrogens with zero attached hydrogens (tertiary/aromatic N) is 1. The third kappa shape index (κ3) is 3.82. The van der Waals surface area contributed by atoms with Crippen molar-refractivity contribution in [3.05, 3.63) is 39.9 Å². The van der Waals surface area contributed by atoms with E-state index < -0.39 is 31.6 Å². The number of nitrogens with one attached hydrogen (secondary N) is 1. The molecular weight excluding hydrogens is 286 g/mol. The predicted molar refractivity (Wildman–Crippen MR) is 62.9 cm³/mol. The first-order valence-electron chi connectivity index (χ1n) is 4.35. The summed E-state index contributed by atoms with van der Waals surface area (Å²) in [5.41, 5.74) is -0.220. The molecule has 100 valence electrons. The fourth-order valence-corrected chi connectivity index (χ4v) is 2.83. The normalized spacial score (nSPS) is 15.0. The van der Waals surface area contributed by atoms with Gasteiger partial charge in [-0.15, -0.1) is 0 Å². The molecule has 11 heteroatoms. The standard InChI is InChI=1S/C7H9N3O6S2/c8-18(15,16)7(9-17(13)14)5-1-3-6(4-2-5)10(11)12/h1-4,7,9H,(H,13,14)(H2,8,15,16). The van der Waals surface area contributed by atoms with Gasteiger partial charge in [-0.2, -0.15) is 4.72 Å². The molecule has 0 heterocycles. The van der Waals surface area contributed by atoms with Crippen LogP contribution >= 0.6 is 0 Å². The van der Waals surface area contributed by atoms with Crippen molar-refractivity contribution in [2.45, 2.75) is 5.37 Å². The predicted octanol–water partition coefficient (Wildman–Crippen LogP) is -0.392. The molecule has 0 fully saturated rings. The molecule has 1 aromatic rings. The third-order valence-corrected chi connectivity index (χ3v) is 3.58. The maximum absolute atomic E-state index is 11.2. The number of non-ortho nitro benzene ring substituents is 1. The summed E-state index contributed by atoms with van der Waals surface area (Å²) in [4.78, 5) is 9.76. The Morgan fingerprint density at radius 1 is 1.39 bits per heavy atom. The second kappa shape index (κ2) is 5.49. The van der Waals surface area contributed by atoms with Crippen LogP contribution < -0.4 is 9.86 Å². The molecule has 0 saturated heterocycles. The van der Waals surface area contributed by atoms with Crippen LogP contribution in [-0.2, 0) is 21.3 Å². The summed E-state index contributed by atoms with van der Waals surface area (Å²) in [6.07, 6.45) is 0. The third-order valence-electron chi connectivity index (χ3n) is 1.94. The Labute approximate surface area is 105 Å². The van der Waals surface area contributed by atoms with Crippen molar-refractivity contribution in [3.8, 4) is 0 Å². The Hall–Kier alpha value is -1.40. The Kier molecular flexibility index (Phi) is 4.48. The summed E-state index contributed by atoms with van der Waals surface area (Å²) >= 11 is -2.60. The topological polar surface area (TPSA) is 153 Å². The summed E-state index contributed by atoms with van der Waals surface area (Å²) in [7, 11) is -4.18. The summed E-state index contributed by atoms with van der Waals surface area (Å²) in [6.45, 7) is 0. The molecule has 0 aliphatic heterocycles. The van der Waals surface area contributed by atoms with Gasteiger partial charge in [0, 0.05) is 12.1 Å². The van der Waals surface area contributed by atoms with E-state index in [-0.39, 0.29) is 11.3 Å². The summed E-state index contributed by atoms with van der Waals surface area (Å²) in [5, 5.41) is 13.7. The SMILES string of the molecule is NS(=O)(=O)C(NS(=O)O)c1ccc([N+](=O)[O-])cc1. The minimum atomic E-state index is -4.18. The van der Waals surface area contributed by atoms with Crippen LogP contribution in [0.15, 0.2) is 24.3 Å². The molecule has 0 spiro atoms. The van der Waals surface area contributed by atoms with Crippen LogP contribution in [0.25, 0.3) is 0 Å². The fraction of sp³-hybridized carbons (Fsp3) is 0.143. The van der Waals surface area contributed by atoms with Crippen molar-refractivity contribution in [2.75, 3.05) is 0 Å². The highest BCUT2D eigenvalue weighted by atomic mass is 32.2. The molecular formula is C7H9N3O6S2. The highest BCUT2D eigenvalue weighted by Gasteiger charge is 2.25. The summed E-state index contributed by atoms with van der Waals surface area (Å²) in [5.74, 6) is 0. The number of nitrogens with two attached hydrogens (primary N) is 1. The lowest BCUT2D eigenvalue weighted by Gasteiger charge is -2.13. The van der Waals surface area contributed by atoms with Crippen molar-refractivity contribution in [3.63, 3.8) is 0 Å². The van der Waals surface area contributed by atoms with Gasteiger partial charge in [0.25, 0.3) is 5.69 Å². The van der Waals surface area contributed by atoms with Gasteiger partial charge in [-0.25, -0.2) is 17.8 Å². The van der Waals surface area contributed by atoms with Gasteiger partial charge < -0.3 is 0 Å². The fourth-order valence-electron chi connectivity index (χ4n) is 1.19. The molecule has 9 nitrogen and oxygen atoms in total. The van der Waals surface area contributed by atoms with Gasteiger partial charge >= 0.3 is 0 Å². The van der Waals surface area contributed by atoms with Crippen LogP contribution in [0, 0.1) is 10.1 Å². The maximum Gasteiger partial charge on any atom is 0.269 e. The maximum atomic E-state index is 11.2. The molecule has 0 amide bonds. The zero-order valence-electron chi connectivity index (χ0n) is 8.72. The Morgan fingerprint density at radius 3 is 2.22 bits per heavy atom. The molecule has 0 bridgehead atoms. The van der Waals surface area contributed by atoms with Crippen molar-refractivity contribution in [1.82, 2.24) is 4.72 Å². The monoisotopic (exact) mass is 295 g/mol. The molecule has 0 saturated carbocycles. The number of hydrogen-bond acceptors (Lipinski definition) is 5. The van der Waals surface area contributed by atoms with Crippen LogP contribution in [-0.4, -0.2) is 22.1 Å². The summed E-state index contributed by atoms with van der Waals surface area (Å²) < 4.78 is 43.5. The highest BCUT2D eigenvalue weighted by Crippen LogP contribution is 2.20. The Bertz CT molecular complexity index is 569. The number of primary sulfonamides is 1. The first-order valence-corrected chi connectivity index (χ1v) is 7.06. The lowest BCUT2D eigenvalue weighted by molar-refractivity contribution is -0.384. The second-order valence-corrected chi connectivity index (χ2v) is 5.57. The van der Waals surface area contributed by atoms with Crippen LogP contribution in [0.4, 0.5) is 5.69 Å². The Balaban J connectivity index is 3.14. The van der Waals surface area contributed by atoms with Crippen LogP contribution in [0.5, 0.6) is 0 Å². The molecule has 1 aromatic carbocycles. The smallest absolute Gasteiger partial charge is 0.269 e. The number of rotatable bonds is 5. The van der Waals surface area contributed by atoms with Crippen molar-refractivity contribution >= 4 is 27.0 Å². The number of benzene rings is 1. The Morgan fingerprint density at radius 2 is 1.89 bits per heavy atom. The van der Waals surface area contributed by atoms with E-state index in [0.29, 0.717) is 0 Å². The van der Waals surface area contributed by atoms with Crippen LogP contribution in [0.3, 0.4) is 0 Å². The highest BCUT2D eigenvalue weighted by molar-refractivity contribution is 7.90. The van der Waals surface area contributed by atoms with Gasteiger partial charge in [-0.1, -0.05) is 0 Å². The van der Waals surface area contributed by atoms with E-state index in [1.165, 1.54) is 0 Å². The molecule has 4 N–H and O–H groups in total. The van der Waals surface area contributed by atoms with Crippen LogP contribution in [0.2, 0.25) is 0 Å². The molecule has 2 unspecified atom stereocenters. The molecule has 0 aliphatic carbocycles. The molecule has 0 radical (unpaired) electrons. The zero-order valence-corrected chi connectivity index (χ0v) is 10.3. The van der Waals surface area contributed by atoms with Gasteiger partial charge in [0.05, 0.1) is 4.92 Å². The lowest BCUT2D eigenvalue weighted by atomic mass is 10.2. The zero-order chi connectivity index (χ0) is 13.9. The van der Waals surface area contributed by atoms with E-state index in [1.807, 2.05) is 4.72 Å². The largest absolute Gasteiger partial charge is 0.294 e. The van der Waals surface area contributed by atoms with E-state index in [0.717, 1.165) is 24.3 Å². The summed E-state index contributed by atoms with van der Waals surface area (Å²) in [6, 6.07) is 4.39. The van der Waals surface area contributed by atoms with Gasteiger partial charge in [-0.3, -0.25) is 14.7 Å². The average molecular weight is 295 g/mol. The number of nitro benzene ring substituents is 1. The van der Waals surface area contributed by atoms with E-state index in [1.54, 1.807) is 0 Å². The number of hydrogen-bond donors (Lipinski definition) is 3. The van der Waals surface area contributed by atoms with E-state index >= 15 is 0 Å². The van der Waals surface area contributed by atoms with E-state index in [2.05, 4.69) is 0 Å². The molecule has 0 aliphatic rings. The first kappa shape index (κ1) is 14.7. The number of nitro groups is 1. The van der Waals surface area contributed by atoms with Gasteiger partial charge in [0.15, 0.2) is 5.37 Å². The molecule has 1 rings (SSSR count). The second-order valence-electron chi connectivity index (χ2n) is 3.18. The van der Waals surface area contributed by atoms with Crippen molar-refractivity contribution < 1.29 is 22.1 Å². The molecule has 2 atom stereocenters. The first-order chi connectivity index (χ1) is 8.21.